The van der Waals surface area contributed by atoms with Gasteiger partial charge < -0.3 is 10.1 Å². The number of rotatable bonds is 5. The lowest BCUT2D eigenvalue weighted by molar-refractivity contribution is 0.184. The Labute approximate surface area is 88.3 Å². The normalized spacial score (nSPS) is 12.5. The third-order valence-corrected chi connectivity index (χ3v) is 2.17. The number of anilines is 1. The van der Waals surface area contributed by atoms with Gasteiger partial charge in [-0.2, -0.15) is 0 Å². The van der Waals surface area contributed by atoms with Gasteiger partial charge in [0.1, 0.15) is 0 Å². The molecule has 84 valence electrons. The van der Waals surface area contributed by atoms with E-state index in [0.717, 1.165) is 12.5 Å². The molecule has 0 aliphatic rings. The van der Waals surface area contributed by atoms with E-state index in [-0.39, 0.29) is 11.7 Å². The van der Waals surface area contributed by atoms with Crippen LogP contribution in [0.5, 0.6) is 0 Å². The Bertz CT molecular complexity index is 317. The molecule has 0 spiro atoms. The molecule has 0 heterocycles. The molecule has 0 bridgehead atoms. The predicted molar refractivity (Wildman–Crippen MR) is 55.9 cm³/mol. The minimum absolute atomic E-state index is 0.00806. The maximum atomic E-state index is 13.3. The molecule has 0 radical (unpaired) electrons. The summed E-state index contributed by atoms with van der Waals surface area (Å²) >= 11 is 0. The molecule has 0 fully saturated rings. The summed E-state index contributed by atoms with van der Waals surface area (Å²) in [7, 11) is 1.58. The second-order valence-corrected chi connectivity index (χ2v) is 3.31. The zero-order valence-corrected chi connectivity index (χ0v) is 8.89. The fraction of sp³-hybridized carbons (Fsp3) is 0.455. The molecule has 0 aliphatic heterocycles. The summed E-state index contributed by atoms with van der Waals surface area (Å²) in [4.78, 5) is 0. The van der Waals surface area contributed by atoms with Crippen LogP contribution < -0.4 is 5.32 Å². The maximum absolute atomic E-state index is 13.3. The van der Waals surface area contributed by atoms with Crippen LogP contribution in [0.25, 0.3) is 0 Å². The van der Waals surface area contributed by atoms with Gasteiger partial charge in [0.25, 0.3) is 0 Å². The van der Waals surface area contributed by atoms with Crippen molar-refractivity contribution < 1.29 is 13.5 Å². The van der Waals surface area contributed by atoms with Gasteiger partial charge in [0.2, 0.25) is 0 Å². The van der Waals surface area contributed by atoms with Crippen LogP contribution in [-0.4, -0.2) is 19.8 Å². The topological polar surface area (TPSA) is 21.3 Å². The minimum atomic E-state index is -0.841. The van der Waals surface area contributed by atoms with E-state index in [9.17, 15) is 8.78 Å². The molecule has 0 aliphatic carbocycles. The average molecular weight is 215 g/mol. The van der Waals surface area contributed by atoms with Gasteiger partial charge >= 0.3 is 0 Å². The Kier molecular flexibility index (Phi) is 4.49. The zero-order valence-electron chi connectivity index (χ0n) is 8.89. The van der Waals surface area contributed by atoms with Gasteiger partial charge in [-0.3, -0.25) is 0 Å². The molecule has 1 atom stereocenters. The Morgan fingerprint density at radius 1 is 1.40 bits per heavy atom. The smallest absolute Gasteiger partial charge is 0.181 e. The second-order valence-electron chi connectivity index (χ2n) is 3.31. The molecule has 1 unspecified atom stereocenters. The number of ether oxygens (including phenoxy) is 1. The van der Waals surface area contributed by atoms with Gasteiger partial charge in [-0.25, -0.2) is 8.78 Å². The van der Waals surface area contributed by atoms with Crippen LogP contribution in [0.15, 0.2) is 18.2 Å². The van der Waals surface area contributed by atoms with Crippen LogP contribution in [0.1, 0.15) is 13.3 Å². The van der Waals surface area contributed by atoms with Gasteiger partial charge in [-0.15, -0.1) is 0 Å². The molecule has 0 saturated heterocycles. The summed E-state index contributed by atoms with van der Waals surface area (Å²) in [5.74, 6) is -1.68. The SMILES string of the molecule is CCC(COC)Nc1cccc(F)c1F. The third-order valence-electron chi connectivity index (χ3n) is 2.17. The Morgan fingerprint density at radius 3 is 2.73 bits per heavy atom. The van der Waals surface area contributed by atoms with Crippen LogP contribution in [-0.2, 0) is 4.74 Å². The molecular weight excluding hydrogens is 200 g/mol. The van der Waals surface area contributed by atoms with Crippen molar-refractivity contribution >= 4 is 5.69 Å². The van der Waals surface area contributed by atoms with Crippen molar-refractivity contribution in [1.29, 1.82) is 0 Å². The van der Waals surface area contributed by atoms with E-state index in [1.165, 1.54) is 12.1 Å². The highest BCUT2D eigenvalue weighted by Gasteiger charge is 2.11. The second kappa shape index (κ2) is 5.66. The van der Waals surface area contributed by atoms with Crippen molar-refractivity contribution in [2.75, 3.05) is 19.0 Å². The first kappa shape index (κ1) is 11.9. The zero-order chi connectivity index (χ0) is 11.3. The lowest BCUT2D eigenvalue weighted by Crippen LogP contribution is -2.24. The minimum Gasteiger partial charge on any atom is -0.383 e. The highest BCUT2D eigenvalue weighted by Crippen LogP contribution is 2.18. The summed E-state index contributed by atoms with van der Waals surface area (Å²) in [5, 5.41) is 2.90. The molecule has 1 rings (SSSR count). The summed E-state index contributed by atoms with van der Waals surface area (Å²) in [5.41, 5.74) is 0.180. The molecule has 0 saturated carbocycles. The quantitative estimate of drug-likeness (QED) is 0.815. The largest absolute Gasteiger partial charge is 0.383 e. The average Bonchev–Trinajstić information content (AvgIpc) is 2.24. The van der Waals surface area contributed by atoms with Crippen molar-refractivity contribution in [3.63, 3.8) is 0 Å². The first-order valence-electron chi connectivity index (χ1n) is 4.88. The van der Waals surface area contributed by atoms with E-state index in [1.54, 1.807) is 7.11 Å². The van der Waals surface area contributed by atoms with Gasteiger partial charge in [0.05, 0.1) is 12.3 Å². The number of methoxy groups -OCH3 is 1. The van der Waals surface area contributed by atoms with Crippen molar-refractivity contribution in [2.45, 2.75) is 19.4 Å². The fourth-order valence-corrected chi connectivity index (χ4v) is 1.30. The van der Waals surface area contributed by atoms with Crippen molar-refractivity contribution in [1.82, 2.24) is 0 Å². The molecule has 1 aromatic rings. The van der Waals surface area contributed by atoms with Gasteiger partial charge in [0, 0.05) is 13.2 Å². The summed E-state index contributed by atoms with van der Waals surface area (Å²) in [6.45, 7) is 2.42. The monoisotopic (exact) mass is 215 g/mol. The van der Waals surface area contributed by atoms with Gasteiger partial charge in [-0.1, -0.05) is 13.0 Å². The molecular formula is C11H15F2NO. The summed E-state index contributed by atoms with van der Waals surface area (Å²) in [6, 6.07) is 4.07. The van der Waals surface area contributed by atoms with Crippen LogP contribution in [0.2, 0.25) is 0 Å². The van der Waals surface area contributed by atoms with E-state index in [1.807, 2.05) is 6.92 Å². The molecule has 4 heteroatoms. The first-order chi connectivity index (χ1) is 7.19. The van der Waals surface area contributed by atoms with Crippen LogP contribution in [0.4, 0.5) is 14.5 Å². The number of hydrogen-bond donors (Lipinski definition) is 1. The first-order valence-corrected chi connectivity index (χ1v) is 4.88. The van der Waals surface area contributed by atoms with Crippen molar-refractivity contribution in [2.24, 2.45) is 0 Å². The molecule has 2 nitrogen and oxygen atoms in total. The summed E-state index contributed by atoms with van der Waals surface area (Å²) < 4.78 is 31.1. The Hall–Kier alpha value is -1.16. The Balaban J connectivity index is 2.74. The molecule has 0 aromatic heterocycles. The molecule has 1 N–H and O–H groups in total. The number of nitrogens with one attached hydrogen (secondary N) is 1. The van der Waals surface area contributed by atoms with E-state index in [4.69, 9.17) is 4.74 Å². The maximum Gasteiger partial charge on any atom is 0.181 e. The van der Waals surface area contributed by atoms with Gasteiger partial charge in [-0.05, 0) is 18.6 Å². The van der Waals surface area contributed by atoms with E-state index in [0.29, 0.717) is 6.61 Å². The van der Waals surface area contributed by atoms with Crippen LogP contribution >= 0.6 is 0 Å². The highest BCUT2D eigenvalue weighted by molar-refractivity contribution is 5.45. The van der Waals surface area contributed by atoms with Crippen molar-refractivity contribution in [3.8, 4) is 0 Å². The Morgan fingerprint density at radius 2 is 2.13 bits per heavy atom. The van der Waals surface area contributed by atoms with E-state index in [2.05, 4.69) is 5.32 Å². The van der Waals surface area contributed by atoms with Crippen LogP contribution in [0.3, 0.4) is 0 Å². The number of benzene rings is 1. The lowest BCUT2D eigenvalue weighted by atomic mass is 10.2. The van der Waals surface area contributed by atoms with Crippen molar-refractivity contribution in [3.05, 3.63) is 29.8 Å². The van der Waals surface area contributed by atoms with E-state index < -0.39 is 11.6 Å². The van der Waals surface area contributed by atoms with E-state index >= 15 is 0 Å². The third kappa shape index (κ3) is 3.16. The summed E-state index contributed by atoms with van der Waals surface area (Å²) in [6.07, 6.45) is 0.782. The number of halogens is 2. The predicted octanol–water partition coefficient (Wildman–Crippen LogP) is 2.80. The van der Waals surface area contributed by atoms with Gasteiger partial charge in [0.15, 0.2) is 11.6 Å². The molecule has 0 amide bonds. The fourth-order valence-electron chi connectivity index (χ4n) is 1.30. The number of hydrogen-bond acceptors (Lipinski definition) is 2. The highest BCUT2D eigenvalue weighted by atomic mass is 19.2. The lowest BCUT2D eigenvalue weighted by Gasteiger charge is -2.17. The molecule has 1 aromatic carbocycles. The molecule has 15 heavy (non-hydrogen) atoms. The van der Waals surface area contributed by atoms with Crippen LogP contribution in [0, 0.1) is 11.6 Å². The standard InChI is InChI=1S/C11H15F2NO/c1-3-8(7-15-2)14-10-6-4-5-9(12)11(10)13/h4-6,8,14H,3,7H2,1-2H3.